The average molecular weight is 526 g/mol. The van der Waals surface area contributed by atoms with Crippen molar-refractivity contribution in [1.82, 2.24) is 24.9 Å². The number of nitrogens with two attached hydrogens (primary N) is 1. The van der Waals surface area contributed by atoms with Crippen LogP contribution in [0, 0.1) is 5.92 Å². The maximum atomic E-state index is 13.1. The molecular formula is C25H32ClN9O2. The third-order valence-electron chi connectivity index (χ3n) is 6.85. The van der Waals surface area contributed by atoms with Crippen molar-refractivity contribution in [3.8, 4) is 0 Å². The number of nitrogens with zero attached hydrogens (tertiary/aromatic N) is 4. The number of halogens is 1. The van der Waals surface area contributed by atoms with Gasteiger partial charge in [-0.2, -0.15) is 0 Å². The fourth-order valence-electron chi connectivity index (χ4n) is 4.46. The van der Waals surface area contributed by atoms with Crippen molar-refractivity contribution in [2.75, 3.05) is 22.5 Å². The lowest BCUT2D eigenvalue weighted by atomic mass is 9.90. The monoisotopic (exact) mass is 525 g/mol. The van der Waals surface area contributed by atoms with E-state index in [0.717, 1.165) is 44.2 Å². The first-order chi connectivity index (χ1) is 17.9. The van der Waals surface area contributed by atoms with Gasteiger partial charge in [-0.25, -0.2) is 14.5 Å². The molecule has 196 valence electrons. The van der Waals surface area contributed by atoms with E-state index in [9.17, 15) is 9.59 Å². The standard InChI is InChI=1S/C25H32ClN9O2/c1-14(12-27)24(36)32-17-6-4-16(5-7-17)31-22-11-19(30-15-2-3-15)23-29-13-20(35(23)34-22)25(37)33-18-8-9-28-21(26)10-18/h8-11,13-17,30H,2-7,12,27H2,1H3,(H,31,34)(H,32,36)(H,28,33,37)/t14-,16-,17-/m1/s1. The lowest BCUT2D eigenvalue weighted by Gasteiger charge is -2.30. The summed E-state index contributed by atoms with van der Waals surface area (Å²) in [7, 11) is 0. The highest BCUT2D eigenvalue weighted by molar-refractivity contribution is 6.29. The molecule has 37 heavy (non-hydrogen) atoms. The number of fused-ring (bicyclic) bond motifs is 1. The molecule has 0 unspecified atom stereocenters. The van der Waals surface area contributed by atoms with Crippen molar-refractivity contribution in [3.05, 3.63) is 41.4 Å². The number of hydrogen-bond acceptors (Lipinski definition) is 8. The van der Waals surface area contributed by atoms with E-state index >= 15 is 0 Å². The van der Waals surface area contributed by atoms with E-state index in [0.29, 0.717) is 40.6 Å². The Morgan fingerprint density at radius 2 is 1.78 bits per heavy atom. The molecule has 0 aromatic carbocycles. The molecule has 0 saturated heterocycles. The Balaban J connectivity index is 1.31. The summed E-state index contributed by atoms with van der Waals surface area (Å²) >= 11 is 5.96. The number of imidazole rings is 1. The minimum Gasteiger partial charge on any atom is -0.379 e. The summed E-state index contributed by atoms with van der Waals surface area (Å²) in [5.41, 5.74) is 7.89. The van der Waals surface area contributed by atoms with Crippen LogP contribution >= 0.6 is 11.6 Å². The van der Waals surface area contributed by atoms with Gasteiger partial charge in [0.1, 0.15) is 11.0 Å². The molecule has 0 bridgehead atoms. The van der Waals surface area contributed by atoms with Crippen molar-refractivity contribution >= 4 is 46.3 Å². The molecule has 6 N–H and O–H groups in total. The molecule has 2 aliphatic rings. The normalized spacial score (nSPS) is 20.3. The lowest BCUT2D eigenvalue weighted by Crippen LogP contribution is -2.43. The summed E-state index contributed by atoms with van der Waals surface area (Å²) in [4.78, 5) is 33.7. The van der Waals surface area contributed by atoms with Crippen LogP contribution in [0.5, 0.6) is 0 Å². The number of hydrogen-bond donors (Lipinski definition) is 5. The Kier molecular flexibility index (Phi) is 7.43. The van der Waals surface area contributed by atoms with Crippen LogP contribution in [0.15, 0.2) is 30.6 Å². The zero-order chi connectivity index (χ0) is 25.9. The van der Waals surface area contributed by atoms with Crippen LogP contribution in [-0.4, -0.2) is 56.1 Å². The van der Waals surface area contributed by atoms with E-state index in [4.69, 9.17) is 22.4 Å². The molecule has 3 aromatic heterocycles. The summed E-state index contributed by atoms with van der Waals surface area (Å²) in [6.07, 6.45) is 8.81. The maximum absolute atomic E-state index is 13.1. The molecule has 0 spiro atoms. The van der Waals surface area contributed by atoms with Crippen LogP contribution in [0.4, 0.5) is 17.2 Å². The summed E-state index contributed by atoms with van der Waals surface area (Å²) < 4.78 is 1.57. The summed E-state index contributed by atoms with van der Waals surface area (Å²) in [5.74, 6) is 0.154. The van der Waals surface area contributed by atoms with E-state index < -0.39 is 0 Å². The summed E-state index contributed by atoms with van der Waals surface area (Å²) in [6, 6.07) is 5.98. The van der Waals surface area contributed by atoms with Gasteiger partial charge in [0.05, 0.1) is 11.9 Å². The fraction of sp³-hybridized carbons (Fsp3) is 0.480. The first-order valence-corrected chi connectivity index (χ1v) is 13.1. The van der Waals surface area contributed by atoms with Crippen LogP contribution in [0.25, 0.3) is 5.65 Å². The summed E-state index contributed by atoms with van der Waals surface area (Å²) in [5, 5.41) is 18.0. The number of carbonyl (C=O) groups is 2. The van der Waals surface area contributed by atoms with E-state index in [1.807, 2.05) is 13.0 Å². The van der Waals surface area contributed by atoms with Gasteiger partial charge >= 0.3 is 0 Å². The number of anilines is 3. The quantitative estimate of drug-likeness (QED) is 0.267. The fourth-order valence-corrected chi connectivity index (χ4v) is 4.64. The Morgan fingerprint density at radius 1 is 1.08 bits per heavy atom. The molecule has 2 fully saturated rings. The number of pyridine rings is 1. The Bertz CT molecular complexity index is 1280. The second kappa shape index (κ2) is 10.9. The molecule has 0 aliphatic heterocycles. The SMILES string of the molecule is C[C@H](CN)C(=O)N[C@H]1CC[C@H](Nc2cc(NC3CC3)c3ncc(C(=O)Nc4ccnc(Cl)c4)n3n2)CC1. The van der Waals surface area contributed by atoms with Crippen molar-refractivity contribution in [2.24, 2.45) is 11.7 Å². The van der Waals surface area contributed by atoms with Crippen LogP contribution in [0.1, 0.15) is 55.9 Å². The van der Waals surface area contributed by atoms with E-state index in [2.05, 4.69) is 31.2 Å². The van der Waals surface area contributed by atoms with Gasteiger partial charge in [-0.1, -0.05) is 18.5 Å². The first-order valence-electron chi connectivity index (χ1n) is 12.7. The third kappa shape index (κ3) is 6.11. The summed E-state index contributed by atoms with van der Waals surface area (Å²) in [6.45, 7) is 2.19. The van der Waals surface area contributed by atoms with Crippen LogP contribution in [-0.2, 0) is 4.79 Å². The van der Waals surface area contributed by atoms with Crippen molar-refractivity contribution < 1.29 is 9.59 Å². The second-order valence-corrected chi connectivity index (χ2v) is 10.3. The molecule has 1 atom stereocenters. The lowest BCUT2D eigenvalue weighted by molar-refractivity contribution is -0.125. The Morgan fingerprint density at radius 3 is 2.49 bits per heavy atom. The number of rotatable bonds is 9. The van der Waals surface area contributed by atoms with Gasteiger partial charge in [0.25, 0.3) is 5.91 Å². The van der Waals surface area contributed by atoms with Crippen LogP contribution < -0.4 is 27.0 Å². The Labute approximate surface area is 219 Å². The van der Waals surface area contributed by atoms with Gasteiger partial charge < -0.3 is 27.0 Å². The van der Waals surface area contributed by atoms with Gasteiger partial charge in [0.15, 0.2) is 11.3 Å². The molecule has 2 amide bonds. The topological polar surface area (TPSA) is 151 Å². The highest BCUT2D eigenvalue weighted by Gasteiger charge is 2.27. The molecule has 0 radical (unpaired) electrons. The van der Waals surface area contributed by atoms with Crippen molar-refractivity contribution in [1.29, 1.82) is 0 Å². The first kappa shape index (κ1) is 25.2. The number of amides is 2. The van der Waals surface area contributed by atoms with E-state index in [1.54, 1.807) is 16.6 Å². The van der Waals surface area contributed by atoms with E-state index in [-0.39, 0.29) is 29.8 Å². The maximum Gasteiger partial charge on any atom is 0.276 e. The third-order valence-corrected chi connectivity index (χ3v) is 7.06. The van der Waals surface area contributed by atoms with Gasteiger partial charge in [-0.3, -0.25) is 9.59 Å². The highest BCUT2D eigenvalue weighted by atomic mass is 35.5. The van der Waals surface area contributed by atoms with Gasteiger partial charge in [-0.05, 0) is 50.7 Å². The van der Waals surface area contributed by atoms with Gasteiger partial charge in [0, 0.05) is 48.5 Å². The predicted octanol–water partition coefficient (Wildman–Crippen LogP) is 3.04. The molecule has 3 heterocycles. The highest BCUT2D eigenvalue weighted by Crippen LogP contribution is 2.30. The van der Waals surface area contributed by atoms with Crippen molar-refractivity contribution in [3.63, 3.8) is 0 Å². The predicted molar refractivity (Wildman–Crippen MR) is 143 cm³/mol. The zero-order valence-corrected chi connectivity index (χ0v) is 21.5. The van der Waals surface area contributed by atoms with Crippen LogP contribution in [0.2, 0.25) is 5.15 Å². The molecule has 3 aromatic rings. The van der Waals surface area contributed by atoms with Crippen molar-refractivity contribution in [2.45, 2.75) is 63.6 Å². The van der Waals surface area contributed by atoms with E-state index in [1.165, 1.54) is 12.4 Å². The minimum atomic E-state index is -0.347. The molecule has 12 heteroatoms. The molecule has 2 saturated carbocycles. The number of aromatic nitrogens is 4. The largest absolute Gasteiger partial charge is 0.379 e. The number of nitrogens with one attached hydrogen (secondary N) is 4. The van der Waals surface area contributed by atoms with Crippen LogP contribution in [0.3, 0.4) is 0 Å². The minimum absolute atomic E-state index is 0.0155. The molecular weight excluding hydrogens is 494 g/mol. The van der Waals surface area contributed by atoms with Gasteiger partial charge in [-0.15, -0.1) is 5.10 Å². The van der Waals surface area contributed by atoms with Gasteiger partial charge in [0.2, 0.25) is 5.91 Å². The molecule has 11 nitrogen and oxygen atoms in total. The zero-order valence-electron chi connectivity index (χ0n) is 20.7. The number of carbonyl (C=O) groups excluding carboxylic acids is 2. The average Bonchev–Trinajstić information content (AvgIpc) is 3.59. The molecule has 5 rings (SSSR count). The molecule has 2 aliphatic carbocycles. The second-order valence-electron chi connectivity index (χ2n) is 9.90. The Hall–Kier alpha value is -3.44. The smallest absolute Gasteiger partial charge is 0.276 e.